The molecule has 2 N–H and O–H groups in total. The van der Waals surface area contributed by atoms with E-state index < -0.39 is 11.9 Å². The summed E-state index contributed by atoms with van der Waals surface area (Å²) < 4.78 is 4.81. The lowest BCUT2D eigenvalue weighted by Crippen LogP contribution is -2.11. The molecule has 0 aliphatic carbocycles. The van der Waals surface area contributed by atoms with Crippen LogP contribution in [0.4, 0.5) is 0 Å². The van der Waals surface area contributed by atoms with Crippen LogP contribution in [0.15, 0.2) is 12.1 Å². The van der Waals surface area contributed by atoms with Crippen LogP contribution in [0, 0.1) is 6.92 Å². The fourth-order valence-electron chi connectivity index (χ4n) is 1.35. The van der Waals surface area contributed by atoms with Crippen LogP contribution in [0.3, 0.4) is 0 Å². The van der Waals surface area contributed by atoms with Crippen molar-refractivity contribution < 1.29 is 24.5 Å². The molecule has 0 aromatic heterocycles. The molecule has 0 spiro atoms. The van der Waals surface area contributed by atoms with Gasteiger partial charge in [-0.3, -0.25) is 0 Å². The highest BCUT2D eigenvalue weighted by atomic mass is 16.5. The highest BCUT2D eigenvalue weighted by Crippen LogP contribution is 2.25. The van der Waals surface area contributed by atoms with Crippen LogP contribution in [0.1, 0.15) is 26.3 Å². The van der Waals surface area contributed by atoms with Gasteiger partial charge >= 0.3 is 11.9 Å². The summed E-state index contributed by atoms with van der Waals surface area (Å²) in [6, 6.07) is 2.94. The van der Waals surface area contributed by atoms with Crippen molar-refractivity contribution >= 4 is 11.9 Å². The Morgan fingerprint density at radius 3 is 2.07 bits per heavy atom. The molecule has 5 heteroatoms. The molecule has 0 unspecified atom stereocenters. The van der Waals surface area contributed by atoms with Gasteiger partial charge in [-0.25, -0.2) is 9.59 Å². The molecule has 0 saturated heterocycles. The number of rotatable bonds is 3. The van der Waals surface area contributed by atoms with Gasteiger partial charge in [-0.2, -0.15) is 0 Å². The molecule has 5 nitrogen and oxygen atoms in total. The molecule has 0 aliphatic rings. The first-order valence-electron chi connectivity index (χ1n) is 4.13. The van der Waals surface area contributed by atoms with Crippen molar-refractivity contribution in [2.45, 2.75) is 6.92 Å². The largest absolute Gasteiger partial charge is 0.496 e. The highest BCUT2D eigenvalue weighted by Gasteiger charge is 2.22. The molecular weight excluding hydrogens is 200 g/mol. The minimum Gasteiger partial charge on any atom is -0.496 e. The number of aromatic carboxylic acids is 2. The number of carboxylic acids is 2. The molecule has 0 radical (unpaired) electrons. The number of benzene rings is 1. The maximum Gasteiger partial charge on any atom is 0.340 e. The average Bonchev–Trinajstić information content (AvgIpc) is 2.16. The van der Waals surface area contributed by atoms with Crippen LogP contribution in [0.5, 0.6) is 5.75 Å². The van der Waals surface area contributed by atoms with Crippen molar-refractivity contribution in [1.82, 2.24) is 0 Å². The molecule has 0 bridgehead atoms. The van der Waals surface area contributed by atoms with Crippen molar-refractivity contribution in [2.75, 3.05) is 7.11 Å². The van der Waals surface area contributed by atoms with Gasteiger partial charge in [0.05, 0.1) is 12.7 Å². The molecule has 1 aromatic carbocycles. The first-order valence-corrected chi connectivity index (χ1v) is 4.13. The fourth-order valence-corrected chi connectivity index (χ4v) is 1.35. The number of ether oxygens (including phenoxy) is 1. The summed E-state index contributed by atoms with van der Waals surface area (Å²) in [7, 11) is 1.29. The lowest BCUT2D eigenvalue weighted by molar-refractivity contribution is 0.0647. The van der Waals surface area contributed by atoms with Gasteiger partial charge in [0.1, 0.15) is 11.3 Å². The Morgan fingerprint density at radius 2 is 1.67 bits per heavy atom. The van der Waals surface area contributed by atoms with Gasteiger partial charge < -0.3 is 14.9 Å². The number of hydrogen-bond donors (Lipinski definition) is 2. The van der Waals surface area contributed by atoms with E-state index in [1.165, 1.54) is 26.2 Å². The Morgan fingerprint density at radius 1 is 1.13 bits per heavy atom. The predicted octanol–water partition coefficient (Wildman–Crippen LogP) is 1.40. The number of carboxylic acid groups (broad SMARTS) is 2. The van der Waals surface area contributed by atoms with Gasteiger partial charge in [-0.1, -0.05) is 6.07 Å². The Balaban J connectivity index is 3.58. The molecule has 0 aliphatic heterocycles. The summed E-state index contributed by atoms with van der Waals surface area (Å²) in [4.78, 5) is 21.8. The predicted molar refractivity (Wildman–Crippen MR) is 51.6 cm³/mol. The van der Waals surface area contributed by atoms with Crippen LogP contribution in [0.2, 0.25) is 0 Å². The molecule has 80 valence electrons. The van der Waals surface area contributed by atoms with Crippen molar-refractivity contribution in [3.8, 4) is 5.75 Å². The van der Waals surface area contributed by atoms with E-state index in [0.29, 0.717) is 5.56 Å². The minimum atomic E-state index is -1.31. The topological polar surface area (TPSA) is 83.8 Å². The molecule has 0 atom stereocenters. The highest BCUT2D eigenvalue weighted by molar-refractivity contribution is 6.04. The van der Waals surface area contributed by atoms with E-state index >= 15 is 0 Å². The Bertz CT molecular complexity index is 422. The minimum absolute atomic E-state index is 0.0468. The normalized spacial score (nSPS) is 9.73. The lowest BCUT2D eigenvalue weighted by Gasteiger charge is -2.09. The number of carbonyl (C=O) groups is 2. The zero-order chi connectivity index (χ0) is 11.6. The van der Waals surface area contributed by atoms with E-state index in [-0.39, 0.29) is 16.9 Å². The van der Waals surface area contributed by atoms with E-state index in [4.69, 9.17) is 14.9 Å². The molecule has 0 heterocycles. The van der Waals surface area contributed by atoms with Crippen LogP contribution in [-0.4, -0.2) is 29.3 Å². The van der Waals surface area contributed by atoms with Gasteiger partial charge in [0.25, 0.3) is 0 Å². The third-order valence-electron chi connectivity index (χ3n) is 2.02. The molecule has 0 saturated carbocycles. The zero-order valence-corrected chi connectivity index (χ0v) is 8.27. The maximum atomic E-state index is 10.9. The smallest absolute Gasteiger partial charge is 0.340 e. The summed E-state index contributed by atoms with van der Waals surface area (Å²) in [6.45, 7) is 1.54. The zero-order valence-electron chi connectivity index (χ0n) is 8.27. The molecule has 0 amide bonds. The van der Waals surface area contributed by atoms with E-state index in [0.717, 1.165) is 0 Å². The summed E-state index contributed by atoms with van der Waals surface area (Å²) in [5.41, 5.74) is -0.160. The van der Waals surface area contributed by atoms with Crippen molar-refractivity contribution in [3.63, 3.8) is 0 Å². The molecule has 15 heavy (non-hydrogen) atoms. The van der Waals surface area contributed by atoms with Gasteiger partial charge in [0.2, 0.25) is 0 Å². The van der Waals surface area contributed by atoms with E-state index in [9.17, 15) is 9.59 Å². The van der Waals surface area contributed by atoms with Crippen LogP contribution in [-0.2, 0) is 0 Å². The van der Waals surface area contributed by atoms with Gasteiger partial charge in [-0.15, -0.1) is 0 Å². The van der Waals surface area contributed by atoms with Crippen LogP contribution < -0.4 is 4.74 Å². The second-order valence-corrected chi connectivity index (χ2v) is 2.95. The Hall–Kier alpha value is -2.04. The maximum absolute atomic E-state index is 10.9. The van der Waals surface area contributed by atoms with E-state index in [1.807, 2.05) is 0 Å². The summed E-state index contributed by atoms with van der Waals surface area (Å²) in [5, 5.41) is 17.8. The quantitative estimate of drug-likeness (QED) is 0.787. The van der Waals surface area contributed by atoms with Gasteiger partial charge in [0, 0.05) is 0 Å². The van der Waals surface area contributed by atoms with E-state index in [1.54, 1.807) is 0 Å². The molecular formula is C10H10O5. The Labute approximate surface area is 85.9 Å². The van der Waals surface area contributed by atoms with Crippen molar-refractivity contribution in [3.05, 3.63) is 28.8 Å². The summed E-state index contributed by atoms with van der Waals surface area (Å²) in [5.74, 6) is -2.54. The van der Waals surface area contributed by atoms with E-state index in [2.05, 4.69) is 0 Å². The average molecular weight is 210 g/mol. The molecule has 1 rings (SSSR count). The summed E-state index contributed by atoms with van der Waals surface area (Å²) in [6.07, 6.45) is 0. The second-order valence-electron chi connectivity index (χ2n) is 2.95. The van der Waals surface area contributed by atoms with Gasteiger partial charge in [0.15, 0.2) is 0 Å². The monoisotopic (exact) mass is 210 g/mol. The SMILES string of the molecule is COc1ccc(C)c(C(=O)O)c1C(=O)O. The molecule has 0 fully saturated rings. The number of aryl methyl sites for hydroxylation is 1. The molecule has 1 aromatic rings. The second kappa shape index (κ2) is 4.00. The van der Waals surface area contributed by atoms with Crippen molar-refractivity contribution in [2.24, 2.45) is 0 Å². The van der Waals surface area contributed by atoms with Gasteiger partial charge in [-0.05, 0) is 18.6 Å². The third kappa shape index (κ3) is 1.90. The summed E-state index contributed by atoms with van der Waals surface area (Å²) >= 11 is 0. The van der Waals surface area contributed by atoms with Crippen LogP contribution >= 0.6 is 0 Å². The standard InChI is InChI=1S/C10H10O5/c1-5-3-4-6(15-2)8(10(13)14)7(5)9(11)12/h3-4H,1-2H3,(H,11,12)(H,13,14). The third-order valence-corrected chi connectivity index (χ3v) is 2.02. The Kier molecular flexibility index (Phi) is 2.94. The first kappa shape index (κ1) is 11.0. The fraction of sp³-hybridized carbons (Fsp3) is 0.200. The number of methoxy groups -OCH3 is 1. The number of hydrogen-bond acceptors (Lipinski definition) is 3. The van der Waals surface area contributed by atoms with Crippen LogP contribution in [0.25, 0.3) is 0 Å². The first-order chi connectivity index (χ1) is 6.99. The lowest BCUT2D eigenvalue weighted by atomic mass is 10.0. The van der Waals surface area contributed by atoms with Crippen molar-refractivity contribution in [1.29, 1.82) is 0 Å².